The van der Waals surface area contributed by atoms with E-state index in [1.807, 2.05) is 0 Å². The van der Waals surface area contributed by atoms with Crippen molar-refractivity contribution in [2.75, 3.05) is 5.32 Å². The molecule has 76 valence electrons. The van der Waals surface area contributed by atoms with Gasteiger partial charge in [-0.3, -0.25) is 4.79 Å². The Labute approximate surface area is 79.9 Å². The Kier molecular flexibility index (Phi) is 3.14. The largest absolute Gasteiger partial charge is 0.320 e. The van der Waals surface area contributed by atoms with E-state index in [4.69, 9.17) is 5.73 Å². The second kappa shape index (κ2) is 4.15. The Hall–Kier alpha value is -1.49. The van der Waals surface area contributed by atoms with E-state index in [0.29, 0.717) is 0 Å². The van der Waals surface area contributed by atoms with Gasteiger partial charge in [0.2, 0.25) is 5.91 Å². The summed E-state index contributed by atoms with van der Waals surface area (Å²) in [6.45, 7) is 1.42. The molecule has 0 heterocycles. The number of amides is 1. The molecule has 1 amide bonds. The van der Waals surface area contributed by atoms with Gasteiger partial charge in [0.05, 0.1) is 6.04 Å². The van der Waals surface area contributed by atoms with Gasteiger partial charge in [-0.1, -0.05) is 6.07 Å². The lowest BCUT2D eigenvalue weighted by molar-refractivity contribution is -0.117. The molecule has 0 aliphatic heterocycles. The van der Waals surface area contributed by atoms with Gasteiger partial charge in [-0.2, -0.15) is 0 Å². The Morgan fingerprint density at radius 1 is 1.43 bits per heavy atom. The number of anilines is 1. The van der Waals surface area contributed by atoms with Crippen molar-refractivity contribution < 1.29 is 13.6 Å². The topological polar surface area (TPSA) is 55.1 Å². The van der Waals surface area contributed by atoms with Crippen molar-refractivity contribution in [1.29, 1.82) is 0 Å². The average Bonchev–Trinajstić information content (AvgIpc) is 2.11. The summed E-state index contributed by atoms with van der Waals surface area (Å²) in [6.07, 6.45) is 0. The zero-order valence-corrected chi connectivity index (χ0v) is 7.55. The van der Waals surface area contributed by atoms with E-state index < -0.39 is 29.3 Å². The van der Waals surface area contributed by atoms with E-state index in [-0.39, 0.29) is 0 Å². The molecule has 0 aromatic heterocycles. The molecule has 3 nitrogen and oxygen atoms in total. The quantitative estimate of drug-likeness (QED) is 0.754. The molecule has 0 bridgehead atoms. The fraction of sp³-hybridized carbons (Fsp3) is 0.222. The Morgan fingerprint density at radius 2 is 1.93 bits per heavy atom. The van der Waals surface area contributed by atoms with Crippen molar-refractivity contribution in [2.45, 2.75) is 13.0 Å². The molecule has 0 fully saturated rings. The van der Waals surface area contributed by atoms with Gasteiger partial charge >= 0.3 is 0 Å². The Balaban J connectivity index is 2.91. The van der Waals surface area contributed by atoms with E-state index in [0.717, 1.165) is 12.1 Å². The molecule has 0 aliphatic rings. The lowest BCUT2D eigenvalue weighted by atomic mass is 10.2. The predicted octanol–water partition coefficient (Wildman–Crippen LogP) is 1.25. The summed E-state index contributed by atoms with van der Waals surface area (Å²) < 4.78 is 26.0. The fourth-order valence-electron chi connectivity index (χ4n) is 0.854. The predicted molar refractivity (Wildman–Crippen MR) is 48.6 cm³/mol. The minimum absolute atomic E-state index is 0.463. The summed E-state index contributed by atoms with van der Waals surface area (Å²) >= 11 is 0. The van der Waals surface area contributed by atoms with Crippen LogP contribution >= 0.6 is 0 Å². The number of nitrogens with one attached hydrogen (secondary N) is 1. The maximum atomic E-state index is 13.0. The van der Waals surface area contributed by atoms with E-state index in [1.165, 1.54) is 13.0 Å². The van der Waals surface area contributed by atoms with Gasteiger partial charge < -0.3 is 11.1 Å². The number of benzene rings is 1. The lowest BCUT2D eigenvalue weighted by Crippen LogP contribution is -2.33. The van der Waals surface area contributed by atoms with Crippen molar-refractivity contribution in [3.8, 4) is 0 Å². The molecule has 14 heavy (non-hydrogen) atoms. The molecule has 1 atom stereocenters. The van der Waals surface area contributed by atoms with Gasteiger partial charge in [-0.05, 0) is 19.1 Å². The van der Waals surface area contributed by atoms with Crippen LogP contribution in [0.15, 0.2) is 18.2 Å². The molecule has 0 unspecified atom stereocenters. The Morgan fingerprint density at radius 3 is 2.36 bits per heavy atom. The number of nitrogens with two attached hydrogens (primary N) is 1. The van der Waals surface area contributed by atoms with Gasteiger partial charge in [0.1, 0.15) is 17.3 Å². The van der Waals surface area contributed by atoms with Gasteiger partial charge in [0.15, 0.2) is 0 Å². The Bertz CT molecular complexity index is 332. The second-order valence-electron chi connectivity index (χ2n) is 2.87. The van der Waals surface area contributed by atoms with Crippen LogP contribution < -0.4 is 11.1 Å². The van der Waals surface area contributed by atoms with Crippen LogP contribution in [0.25, 0.3) is 0 Å². The molecule has 1 rings (SSSR count). The molecule has 3 N–H and O–H groups in total. The van der Waals surface area contributed by atoms with Crippen LogP contribution in [0.2, 0.25) is 0 Å². The fourth-order valence-corrected chi connectivity index (χ4v) is 0.854. The number of para-hydroxylation sites is 1. The summed E-state index contributed by atoms with van der Waals surface area (Å²) in [5.74, 6) is -2.27. The monoisotopic (exact) mass is 200 g/mol. The van der Waals surface area contributed by atoms with E-state index in [2.05, 4.69) is 5.32 Å². The maximum absolute atomic E-state index is 13.0. The van der Waals surface area contributed by atoms with Crippen molar-refractivity contribution >= 4 is 11.6 Å². The smallest absolute Gasteiger partial charge is 0.241 e. The van der Waals surface area contributed by atoms with E-state index in [9.17, 15) is 13.6 Å². The van der Waals surface area contributed by atoms with Crippen molar-refractivity contribution in [3.05, 3.63) is 29.8 Å². The van der Waals surface area contributed by atoms with E-state index >= 15 is 0 Å². The minimum atomic E-state index is -0.820. The zero-order valence-electron chi connectivity index (χ0n) is 7.55. The number of hydrogen-bond acceptors (Lipinski definition) is 2. The highest BCUT2D eigenvalue weighted by Gasteiger charge is 2.13. The first kappa shape index (κ1) is 10.6. The van der Waals surface area contributed by atoms with Gasteiger partial charge in [-0.15, -0.1) is 0 Å². The molecule has 0 radical (unpaired) electrons. The highest BCUT2D eigenvalue weighted by atomic mass is 19.1. The van der Waals surface area contributed by atoms with E-state index in [1.54, 1.807) is 0 Å². The van der Waals surface area contributed by atoms with Crippen LogP contribution in [0.5, 0.6) is 0 Å². The molecule has 0 saturated carbocycles. The normalized spacial score (nSPS) is 12.3. The third-order valence-electron chi connectivity index (χ3n) is 1.62. The number of rotatable bonds is 2. The molecule has 0 aliphatic carbocycles. The summed E-state index contributed by atoms with van der Waals surface area (Å²) in [5, 5.41) is 2.06. The standard InChI is InChI=1S/C9H10F2N2O/c1-5(12)9(14)13-8-6(10)3-2-4-7(8)11/h2-5H,12H2,1H3,(H,13,14)/t5-/m0/s1. The highest BCUT2D eigenvalue weighted by Crippen LogP contribution is 2.17. The van der Waals surface area contributed by atoms with Crippen LogP contribution in [-0.2, 0) is 4.79 Å². The molecular weight excluding hydrogens is 190 g/mol. The minimum Gasteiger partial charge on any atom is -0.320 e. The van der Waals surface area contributed by atoms with Crippen LogP contribution in [0, 0.1) is 11.6 Å². The summed E-state index contributed by atoms with van der Waals surface area (Å²) in [7, 11) is 0. The first-order valence-electron chi connectivity index (χ1n) is 4.03. The molecular formula is C9H10F2N2O. The van der Waals surface area contributed by atoms with Crippen molar-refractivity contribution in [1.82, 2.24) is 0 Å². The molecule has 0 saturated heterocycles. The van der Waals surface area contributed by atoms with Gasteiger partial charge in [0, 0.05) is 0 Å². The molecule has 0 spiro atoms. The first-order chi connectivity index (χ1) is 6.52. The van der Waals surface area contributed by atoms with Crippen LogP contribution in [0.4, 0.5) is 14.5 Å². The first-order valence-corrected chi connectivity index (χ1v) is 4.03. The third kappa shape index (κ3) is 2.26. The number of hydrogen-bond donors (Lipinski definition) is 2. The summed E-state index contributed by atoms with van der Waals surface area (Å²) in [4.78, 5) is 11.0. The SMILES string of the molecule is C[C@H](N)C(=O)Nc1c(F)cccc1F. The van der Waals surface area contributed by atoms with Crippen LogP contribution in [-0.4, -0.2) is 11.9 Å². The molecule has 5 heteroatoms. The van der Waals surface area contributed by atoms with Gasteiger partial charge in [0.25, 0.3) is 0 Å². The van der Waals surface area contributed by atoms with Gasteiger partial charge in [-0.25, -0.2) is 8.78 Å². The lowest BCUT2D eigenvalue weighted by Gasteiger charge is -2.08. The van der Waals surface area contributed by atoms with Crippen LogP contribution in [0.3, 0.4) is 0 Å². The zero-order chi connectivity index (χ0) is 10.7. The third-order valence-corrected chi connectivity index (χ3v) is 1.62. The second-order valence-corrected chi connectivity index (χ2v) is 2.87. The summed E-state index contributed by atoms with van der Waals surface area (Å²) in [6, 6.07) is 2.51. The van der Waals surface area contributed by atoms with Crippen LogP contribution in [0.1, 0.15) is 6.92 Å². The van der Waals surface area contributed by atoms with Crippen molar-refractivity contribution in [2.24, 2.45) is 5.73 Å². The number of carbonyl (C=O) groups excluding carboxylic acids is 1. The molecule has 1 aromatic rings. The average molecular weight is 200 g/mol. The highest BCUT2D eigenvalue weighted by molar-refractivity contribution is 5.94. The van der Waals surface area contributed by atoms with Crippen molar-refractivity contribution in [3.63, 3.8) is 0 Å². The number of halogens is 2. The maximum Gasteiger partial charge on any atom is 0.241 e. The molecule has 1 aromatic carbocycles. The number of carbonyl (C=O) groups is 1. The summed E-state index contributed by atoms with van der Waals surface area (Å²) in [5.41, 5.74) is 4.76.